The zero-order chi connectivity index (χ0) is 20.2. The molecule has 150 valence electrons. The number of aromatic hydroxyl groups is 2. The van der Waals surface area contributed by atoms with E-state index in [1.165, 1.54) is 24.4 Å². The summed E-state index contributed by atoms with van der Waals surface area (Å²) in [4.78, 5) is 20.4. The number of ether oxygens (including phenoxy) is 3. The van der Waals surface area contributed by atoms with Gasteiger partial charge in [-0.25, -0.2) is 9.97 Å². The molecule has 1 aromatic carbocycles. The van der Waals surface area contributed by atoms with Crippen LogP contribution in [-0.2, 0) is 9.47 Å². The maximum absolute atomic E-state index is 12.3. The lowest BCUT2D eigenvalue weighted by Gasteiger charge is -2.23. The number of fused-ring (bicyclic) bond motifs is 1. The lowest BCUT2D eigenvalue weighted by atomic mass is 10.1. The summed E-state index contributed by atoms with van der Waals surface area (Å²) in [6, 6.07) is 7.59. The Morgan fingerprint density at radius 3 is 2.86 bits per heavy atom. The second-order valence-electron chi connectivity index (χ2n) is 6.44. The predicted molar refractivity (Wildman–Crippen MR) is 103 cm³/mol. The summed E-state index contributed by atoms with van der Waals surface area (Å²) >= 11 is 0. The van der Waals surface area contributed by atoms with E-state index < -0.39 is 5.91 Å². The number of pyridine rings is 2. The molecule has 0 aliphatic carbocycles. The van der Waals surface area contributed by atoms with Gasteiger partial charge in [0.1, 0.15) is 29.9 Å². The fourth-order valence-corrected chi connectivity index (χ4v) is 2.96. The molecule has 1 atom stereocenters. The first kappa shape index (κ1) is 18.9. The molecule has 0 saturated carbocycles. The molecule has 1 amide bonds. The number of nitrogens with zero attached hydrogens (tertiary/aromatic N) is 2. The molecule has 1 unspecified atom stereocenters. The normalized spacial score (nSPS) is 16.5. The van der Waals surface area contributed by atoms with Crippen LogP contribution in [0, 0.1) is 0 Å². The standard InChI is InChI=1S/C20H19N3O6/c24-14-1-2-16(22-9-14)19(26)23-13-7-12-3-4-21-20(18(12)17(25)8-13)29-11-15-10-27-5-6-28-15/h1-4,7-9,15,24-25H,5-6,10-11H2,(H,23,26). The van der Waals surface area contributed by atoms with E-state index in [-0.39, 0.29) is 35.8 Å². The highest BCUT2D eigenvalue weighted by atomic mass is 16.6. The fraction of sp³-hybridized carbons (Fsp3) is 0.250. The van der Waals surface area contributed by atoms with Crippen molar-refractivity contribution in [3.8, 4) is 17.4 Å². The molecule has 0 radical (unpaired) electrons. The number of hydrogen-bond acceptors (Lipinski definition) is 8. The number of amides is 1. The van der Waals surface area contributed by atoms with Crippen LogP contribution in [0.15, 0.2) is 42.7 Å². The zero-order valence-corrected chi connectivity index (χ0v) is 15.4. The molecule has 1 aliphatic rings. The smallest absolute Gasteiger partial charge is 0.274 e. The van der Waals surface area contributed by atoms with Crippen LogP contribution in [0.1, 0.15) is 10.5 Å². The van der Waals surface area contributed by atoms with Crippen LogP contribution in [0.4, 0.5) is 5.69 Å². The maximum Gasteiger partial charge on any atom is 0.274 e. The number of aromatic nitrogens is 2. The quantitative estimate of drug-likeness (QED) is 0.598. The van der Waals surface area contributed by atoms with Gasteiger partial charge in [0, 0.05) is 18.0 Å². The Morgan fingerprint density at radius 1 is 1.21 bits per heavy atom. The van der Waals surface area contributed by atoms with Crippen LogP contribution >= 0.6 is 0 Å². The van der Waals surface area contributed by atoms with Gasteiger partial charge in [0.2, 0.25) is 5.88 Å². The Bertz CT molecular complexity index is 1020. The van der Waals surface area contributed by atoms with Crippen LogP contribution < -0.4 is 10.1 Å². The van der Waals surface area contributed by atoms with E-state index in [4.69, 9.17) is 14.2 Å². The molecule has 3 N–H and O–H groups in total. The number of carbonyl (C=O) groups excluding carboxylic acids is 1. The second-order valence-corrected chi connectivity index (χ2v) is 6.44. The Labute approximate surface area is 165 Å². The lowest BCUT2D eigenvalue weighted by molar-refractivity contribution is -0.101. The van der Waals surface area contributed by atoms with Gasteiger partial charge < -0.3 is 29.7 Å². The van der Waals surface area contributed by atoms with Crippen molar-refractivity contribution in [1.82, 2.24) is 9.97 Å². The van der Waals surface area contributed by atoms with E-state index in [1.807, 2.05) is 0 Å². The molecule has 0 bridgehead atoms. The van der Waals surface area contributed by atoms with E-state index >= 15 is 0 Å². The van der Waals surface area contributed by atoms with Crippen molar-refractivity contribution >= 4 is 22.4 Å². The van der Waals surface area contributed by atoms with E-state index in [2.05, 4.69) is 15.3 Å². The van der Waals surface area contributed by atoms with E-state index in [0.717, 1.165) is 0 Å². The average molecular weight is 397 g/mol. The van der Waals surface area contributed by atoms with Crippen molar-refractivity contribution in [3.63, 3.8) is 0 Å². The number of benzene rings is 1. The molecule has 3 aromatic rings. The monoisotopic (exact) mass is 397 g/mol. The van der Waals surface area contributed by atoms with Gasteiger partial charge in [-0.2, -0.15) is 0 Å². The molecule has 4 rings (SSSR count). The summed E-state index contributed by atoms with van der Waals surface area (Å²) in [6.07, 6.45) is 2.55. The van der Waals surface area contributed by atoms with E-state index in [0.29, 0.717) is 36.3 Å². The van der Waals surface area contributed by atoms with Gasteiger partial charge in [-0.05, 0) is 29.7 Å². The average Bonchev–Trinajstić information content (AvgIpc) is 2.73. The van der Waals surface area contributed by atoms with E-state index in [9.17, 15) is 15.0 Å². The number of rotatable bonds is 5. The highest BCUT2D eigenvalue weighted by molar-refractivity contribution is 6.05. The Morgan fingerprint density at radius 2 is 2.10 bits per heavy atom. The number of phenolic OH excluding ortho intramolecular Hbond substituents is 1. The van der Waals surface area contributed by atoms with Crippen LogP contribution in [0.5, 0.6) is 17.4 Å². The Balaban J connectivity index is 1.53. The van der Waals surface area contributed by atoms with Gasteiger partial charge in [0.15, 0.2) is 0 Å². The van der Waals surface area contributed by atoms with Crippen LogP contribution in [0.25, 0.3) is 10.8 Å². The summed E-state index contributed by atoms with van der Waals surface area (Å²) in [7, 11) is 0. The fourth-order valence-electron chi connectivity index (χ4n) is 2.96. The molecule has 29 heavy (non-hydrogen) atoms. The van der Waals surface area contributed by atoms with Crippen molar-refractivity contribution in [1.29, 1.82) is 0 Å². The highest BCUT2D eigenvalue weighted by Crippen LogP contribution is 2.35. The minimum atomic E-state index is -0.469. The van der Waals surface area contributed by atoms with Crippen LogP contribution in [0.2, 0.25) is 0 Å². The molecule has 1 saturated heterocycles. The number of anilines is 1. The summed E-state index contributed by atoms with van der Waals surface area (Å²) < 4.78 is 16.6. The molecule has 1 fully saturated rings. The van der Waals surface area contributed by atoms with E-state index in [1.54, 1.807) is 18.3 Å². The predicted octanol–water partition coefficient (Wildman–Crippen LogP) is 2.09. The zero-order valence-electron chi connectivity index (χ0n) is 15.4. The largest absolute Gasteiger partial charge is 0.507 e. The first-order valence-corrected chi connectivity index (χ1v) is 9.00. The highest BCUT2D eigenvalue weighted by Gasteiger charge is 2.18. The van der Waals surface area contributed by atoms with Gasteiger partial charge in [-0.15, -0.1) is 0 Å². The molecule has 3 heterocycles. The summed E-state index contributed by atoms with van der Waals surface area (Å²) in [6.45, 7) is 1.77. The maximum atomic E-state index is 12.3. The first-order valence-electron chi connectivity index (χ1n) is 9.00. The Hall–Kier alpha value is -3.43. The minimum Gasteiger partial charge on any atom is -0.507 e. The van der Waals surface area contributed by atoms with Crippen LogP contribution in [-0.4, -0.2) is 58.6 Å². The lowest BCUT2D eigenvalue weighted by Crippen LogP contribution is -2.33. The van der Waals surface area contributed by atoms with Crippen molar-refractivity contribution in [3.05, 3.63) is 48.4 Å². The number of nitrogens with one attached hydrogen (secondary N) is 1. The number of hydrogen-bond donors (Lipinski definition) is 3. The summed E-state index contributed by atoms with van der Waals surface area (Å²) in [5.41, 5.74) is 0.520. The third-order valence-electron chi connectivity index (χ3n) is 4.34. The third kappa shape index (κ3) is 4.36. The second kappa shape index (κ2) is 8.29. The first-order chi connectivity index (χ1) is 14.1. The van der Waals surface area contributed by atoms with Crippen LogP contribution in [0.3, 0.4) is 0 Å². The van der Waals surface area contributed by atoms with Gasteiger partial charge in [-0.1, -0.05) is 0 Å². The molecule has 2 aromatic heterocycles. The topological polar surface area (TPSA) is 123 Å². The molecule has 9 heteroatoms. The molecule has 0 spiro atoms. The van der Waals surface area contributed by atoms with Crippen molar-refractivity contribution in [2.75, 3.05) is 31.7 Å². The van der Waals surface area contributed by atoms with Gasteiger partial charge >= 0.3 is 0 Å². The third-order valence-corrected chi connectivity index (χ3v) is 4.34. The SMILES string of the molecule is O=C(Nc1cc(O)c2c(OCC3COCCO3)nccc2c1)c1ccc(O)cn1. The molecular formula is C20H19N3O6. The Kier molecular flexibility index (Phi) is 5.41. The van der Waals surface area contributed by atoms with Crippen molar-refractivity contribution < 1.29 is 29.2 Å². The van der Waals surface area contributed by atoms with Gasteiger partial charge in [0.25, 0.3) is 5.91 Å². The summed E-state index contributed by atoms with van der Waals surface area (Å²) in [5, 5.41) is 23.5. The van der Waals surface area contributed by atoms with Gasteiger partial charge in [-0.3, -0.25) is 4.79 Å². The number of phenols is 1. The minimum absolute atomic E-state index is 0.0323. The number of carbonyl (C=O) groups is 1. The summed E-state index contributed by atoms with van der Waals surface area (Å²) in [5.74, 6) is -0.313. The van der Waals surface area contributed by atoms with Gasteiger partial charge in [0.05, 0.1) is 31.4 Å². The molecule has 1 aliphatic heterocycles. The van der Waals surface area contributed by atoms with Crippen molar-refractivity contribution in [2.45, 2.75) is 6.10 Å². The molecule has 9 nitrogen and oxygen atoms in total. The van der Waals surface area contributed by atoms with Crippen molar-refractivity contribution in [2.24, 2.45) is 0 Å². The molecular weight excluding hydrogens is 378 g/mol.